The third kappa shape index (κ3) is 3.57. The smallest absolute Gasteiger partial charge is 0.264 e. The molecule has 1 aromatic heterocycles. The summed E-state index contributed by atoms with van der Waals surface area (Å²) in [5, 5.41) is 0.623. The molecule has 0 radical (unpaired) electrons. The van der Waals surface area contributed by atoms with Gasteiger partial charge in [0.2, 0.25) is 0 Å². The molecule has 0 aliphatic carbocycles. The van der Waals surface area contributed by atoms with Crippen molar-refractivity contribution in [3.05, 3.63) is 59.9 Å². The van der Waals surface area contributed by atoms with Crippen LogP contribution in [0.5, 0.6) is 5.75 Å². The van der Waals surface area contributed by atoms with Crippen molar-refractivity contribution in [1.82, 2.24) is 9.97 Å². The van der Waals surface area contributed by atoms with E-state index in [2.05, 4.69) is 9.97 Å². The van der Waals surface area contributed by atoms with Crippen LogP contribution in [0.4, 0.5) is 5.69 Å². The molecule has 0 fully saturated rings. The van der Waals surface area contributed by atoms with Crippen molar-refractivity contribution in [2.75, 3.05) is 18.6 Å². The number of anilines is 1. The molecule has 0 atom stereocenters. The van der Waals surface area contributed by atoms with Crippen molar-refractivity contribution in [3.63, 3.8) is 0 Å². The van der Waals surface area contributed by atoms with Crippen LogP contribution in [0.1, 0.15) is 0 Å². The predicted octanol–water partition coefficient (Wildman–Crippen LogP) is 3.33. The number of fused-ring (bicyclic) bond motifs is 1. The molecule has 0 saturated carbocycles. The Morgan fingerprint density at radius 1 is 1.09 bits per heavy atom. The first kappa shape index (κ1) is 15.2. The van der Waals surface area contributed by atoms with E-state index in [1.807, 2.05) is 18.2 Å². The van der Waals surface area contributed by atoms with E-state index in [0.717, 1.165) is 16.7 Å². The van der Waals surface area contributed by atoms with Crippen LogP contribution in [-0.4, -0.2) is 29.5 Å². The highest BCUT2D eigenvalue weighted by molar-refractivity contribution is 6.30. The maximum Gasteiger partial charge on any atom is 0.264 e. The number of likely N-dealkylation sites (N-methyl/N-ethyl adjacent to an activating group) is 1. The molecule has 0 N–H and O–H groups in total. The second-order valence-electron chi connectivity index (χ2n) is 4.92. The summed E-state index contributed by atoms with van der Waals surface area (Å²) in [5.41, 5.74) is 2.26. The molecule has 1 amide bonds. The lowest BCUT2D eigenvalue weighted by Gasteiger charge is -2.18. The zero-order valence-corrected chi connectivity index (χ0v) is 13.2. The number of ether oxygens (including phenoxy) is 1. The molecule has 0 unspecified atom stereocenters. The van der Waals surface area contributed by atoms with Gasteiger partial charge < -0.3 is 9.64 Å². The van der Waals surface area contributed by atoms with Crippen molar-refractivity contribution in [2.45, 2.75) is 0 Å². The average Bonchev–Trinajstić information content (AvgIpc) is 2.60. The van der Waals surface area contributed by atoms with Crippen LogP contribution in [-0.2, 0) is 4.79 Å². The van der Waals surface area contributed by atoms with Crippen LogP contribution >= 0.6 is 11.6 Å². The Hall–Kier alpha value is -2.66. The first-order valence-electron chi connectivity index (χ1n) is 6.99. The van der Waals surface area contributed by atoms with Crippen LogP contribution in [0.25, 0.3) is 11.0 Å². The minimum atomic E-state index is -0.164. The highest BCUT2D eigenvalue weighted by atomic mass is 35.5. The topological polar surface area (TPSA) is 55.3 Å². The quantitative estimate of drug-likeness (QED) is 0.737. The largest absolute Gasteiger partial charge is 0.484 e. The molecule has 116 valence electrons. The Morgan fingerprint density at radius 3 is 2.52 bits per heavy atom. The lowest BCUT2D eigenvalue weighted by Crippen LogP contribution is -2.31. The number of carbonyl (C=O) groups is 1. The van der Waals surface area contributed by atoms with Gasteiger partial charge in [0.1, 0.15) is 5.75 Å². The summed E-state index contributed by atoms with van der Waals surface area (Å²) >= 11 is 5.81. The van der Waals surface area contributed by atoms with Gasteiger partial charge >= 0.3 is 0 Å². The van der Waals surface area contributed by atoms with Gasteiger partial charge in [0.25, 0.3) is 5.91 Å². The number of rotatable bonds is 4. The lowest BCUT2D eigenvalue weighted by molar-refractivity contribution is -0.120. The second kappa shape index (κ2) is 6.62. The van der Waals surface area contributed by atoms with Gasteiger partial charge in [0.05, 0.1) is 11.0 Å². The summed E-state index contributed by atoms with van der Waals surface area (Å²) in [6.07, 6.45) is 3.26. The summed E-state index contributed by atoms with van der Waals surface area (Å²) in [6.45, 7) is -0.0589. The summed E-state index contributed by atoms with van der Waals surface area (Å²) < 4.78 is 5.48. The van der Waals surface area contributed by atoms with E-state index in [9.17, 15) is 4.79 Å². The Balaban J connectivity index is 1.69. The van der Waals surface area contributed by atoms with E-state index in [4.69, 9.17) is 16.3 Å². The molecule has 23 heavy (non-hydrogen) atoms. The number of aromatic nitrogens is 2. The SMILES string of the molecule is CN(C(=O)COc1ccc(Cl)cc1)c1ccc2nccnc2c1. The molecule has 6 heteroatoms. The molecule has 2 aromatic carbocycles. The zero-order valence-electron chi connectivity index (χ0n) is 12.4. The normalized spacial score (nSPS) is 10.5. The summed E-state index contributed by atoms with van der Waals surface area (Å²) in [4.78, 5) is 22.2. The van der Waals surface area contributed by atoms with E-state index >= 15 is 0 Å². The summed E-state index contributed by atoms with van der Waals surface area (Å²) in [5.74, 6) is 0.434. The number of amides is 1. The molecule has 0 aliphatic rings. The van der Waals surface area contributed by atoms with Crippen LogP contribution < -0.4 is 9.64 Å². The van der Waals surface area contributed by atoms with Crippen molar-refractivity contribution < 1.29 is 9.53 Å². The third-order valence-electron chi connectivity index (χ3n) is 3.39. The monoisotopic (exact) mass is 327 g/mol. The van der Waals surface area contributed by atoms with Crippen LogP contribution in [0, 0.1) is 0 Å². The Morgan fingerprint density at radius 2 is 1.78 bits per heavy atom. The zero-order chi connectivity index (χ0) is 16.2. The third-order valence-corrected chi connectivity index (χ3v) is 3.64. The number of halogens is 1. The first-order valence-corrected chi connectivity index (χ1v) is 7.37. The minimum Gasteiger partial charge on any atom is -0.484 e. The van der Waals surface area contributed by atoms with E-state index in [1.54, 1.807) is 43.7 Å². The summed E-state index contributed by atoms with van der Waals surface area (Å²) in [7, 11) is 1.70. The fourth-order valence-corrected chi connectivity index (χ4v) is 2.20. The maximum atomic E-state index is 12.3. The number of hydrogen-bond acceptors (Lipinski definition) is 4. The van der Waals surface area contributed by atoms with Crippen LogP contribution in [0.15, 0.2) is 54.9 Å². The van der Waals surface area contributed by atoms with Gasteiger partial charge in [0.15, 0.2) is 6.61 Å². The molecule has 5 nitrogen and oxygen atoms in total. The highest BCUT2D eigenvalue weighted by Gasteiger charge is 2.12. The predicted molar refractivity (Wildman–Crippen MR) is 89.9 cm³/mol. The molecule has 1 heterocycles. The first-order chi connectivity index (χ1) is 11.1. The minimum absolute atomic E-state index is 0.0589. The highest BCUT2D eigenvalue weighted by Crippen LogP contribution is 2.19. The molecule has 3 rings (SSSR count). The average molecular weight is 328 g/mol. The van der Waals surface area contributed by atoms with Crippen LogP contribution in [0.3, 0.4) is 0 Å². The van der Waals surface area contributed by atoms with Gasteiger partial charge in [-0.3, -0.25) is 14.8 Å². The van der Waals surface area contributed by atoms with Crippen molar-refractivity contribution in [3.8, 4) is 5.75 Å². The van der Waals surface area contributed by atoms with Gasteiger partial charge in [-0.2, -0.15) is 0 Å². The van der Waals surface area contributed by atoms with Gasteiger partial charge in [-0.05, 0) is 42.5 Å². The summed E-state index contributed by atoms with van der Waals surface area (Å²) in [6, 6.07) is 12.4. The fourth-order valence-electron chi connectivity index (χ4n) is 2.08. The molecular weight excluding hydrogens is 314 g/mol. The van der Waals surface area contributed by atoms with Crippen molar-refractivity contribution >= 4 is 34.2 Å². The van der Waals surface area contributed by atoms with Crippen LogP contribution in [0.2, 0.25) is 5.02 Å². The van der Waals surface area contributed by atoms with E-state index in [-0.39, 0.29) is 12.5 Å². The van der Waals surface area contributed by atoms with Gasteiger partial charge in [-0.15, -0.1) is 0 Å². The van der Waals surface area contributed by atoms with Crippen molar-refractivity contribution in [1.29, 1.82) is 0 Å². The molecule has 3 aromatic rings. The second-order valence-corrected chi connectivity index (χ2v) is 5.36. The Labute approximate surface area is 138 Å². The number of hydrogen-bond donors (Lipinski definition) is 0. The molecule has 0 saturated heterocycles. The Kier molecular flexibility index (Phi) is 4.39. The fraction of sp³-hybridized carbons (Fsp3) is 0.118. The Bertz CT molecular complexity index is 837. The standard InChI is InChI=1S/C17H14ClN3O2/c1-21(13-4-7-15-16(10-13)20-9-8-19-15)17(22)11-23-14-5-2-12(18)3-6-14/h2-10H,11H2,1H3. The number of nitrogens with zero attached hydrogens (tertiary/aromatic N) is 3. The number of benzene rings is 2. The molecule has 0 bridgehead atoms. The molecule has 0 aliphatic heterocycles. The van der Waals surface area contributed by atoms with Gasteiger partial charge in [-0.1, -0.05) is 11.6 Å². The lowest BCUT2D eigenvalue weighted by atomic mass is 10.2. The van der Waals surface area contributed by atoms with Gasteiger partial charge in [0, 0.05) is 30.2 Å². The van der Waals surface area contributed by atoms with Gasteiger partial charge in [-0.25, -0.2) is 0 Å². The maximum absolute atomic E-state index is 12.3. The molecule has 0 spiro atoms. The van der Waals surface area contributed by atoms with Crippen molar-refractivity contribution in [2.24, 2.45) is 0 Å². The van der Waals surface area contributed by atoms with E-state index in [1.165, 1.54) is 4.90 Å². The molecular formula is C17H14ClN3O2. The number of carbonyl (C=O) groups excluding carboxylic acids is 1. The van der Waals surface area contributed by atoms with E-state index in [0.29, 0.717) is 10.8 Å². The van der Waals surface area contributed by atoms with E-state index < -0.39 is 0 Å².